The lowest BCUT2D eigenvalue weighted by Crippen LogP contribution is -2.54. The van der Waals surface area contributed by atoms with Gasteiger partial charge in [0.1, 0.15) is 18.8 Å². The summed E-state index contributed by atoms with van der Waals surface area (Å²) in [6.07, 6.45) is -4.54. The van der Waals surface area contributed by atoms with Crippen molar-refractivity contribution < 1.29 is 42.9 Å². The van der Waals surface area contributed by atoms with Crippen LogP contribution >= 0.6 is 16.8 Å². The topological polar surface area (TPSA) is 110 Å². The van der Waals surface area contributed by atoms with Crippen LogP contribution in [0.5, 0.6) is 0 Å². The Labute approximate surface area is 251 Å². The number of carbonyl (C=O) groups excluding carboxylic acids is 2. The van der Waals surface area contributed by atoms with Crippen LogP contribution in [-0.2, 0) is 28.2 Å². The first-order valence-corrected chi connectivity index (χ1v) is 17.7. The summed E-state index contributed by atoms with van der Waals surface area (Å²) in [5.41, 5.74) is 0.821. The van der Waals surface area contributed by atoms with Crippen molar-refractivity contribution in [3.8, 4) is 0 Å². The van der Waals surface area contributed by atoms with Gasteiger partial charge in [-0.1, -0.05) is 79.4 Å². The van der Waals surface area contributed by atoms with Crippen LogP contribution in [0.3, 0.4) is 0 Å². The van der Waals surface area contributed by atoms with E-state index in [9.17, 15) is 14.7 Å². The Morgan fingerprint density at radius 1 is 0.929 bits per heavy atom. The highest BCUT2D eigenvalue weighted by molar-refractivity contribution is 8.10. The van der Waals surface area contributed by atoms with Crippen LogP contribution in [0.15, 0.2) is 60.7 Å². The molecule has 42 heavy (non-hydrogen) atoms. The molecule has 2 aliphatic rings. The summed E-state index contributed by atoms with van der Waals surface area (Å²) in [7, 11) is 1.71. The molecule has 11 heteroatoms. The lowest BCUT2D eigenvalue weighted by Gasteiger charge is -2.43. The van der Waals surface area contributed by atoms with Gasteiger partial charge in [-0.15, -0.1) is 0 Å². The third-order valence-electron chi connectivity index (χ3n) is 8.10. The largest absolute Gasteiger partial charge is 0.459 e. The average Bonchev–Trinajstić information content (AvgIpc) is 3.32. The van der Waals surface area contributed by atoms with Crippen molar-refractivity contribution in [3.63, 3.8) is 0 Å². The molecule has 2 saturated heterocycles. The van der Waals surface area contributed by atoms with Gasteiger partial charge in [-0.3, -0.25) is 0 Å². The molecular formula is C31H42O9P2. The van der Waals surface area contributed by atoms with Crippen LogP contribution in [0.25, 0.3) is 0 Å². The van der Waals surface area contributed by atoms with Crippen LogP contribution in [-0.4, -0.2) is 73.4 Å². The number of hydrogen-bond acceptors (Lipinski definition) is 9. The number of esters is 2. The molecule has 12 atom stereocenters. The third-order valence-corrected chi connectivity index (χ3v) is 9.01. The summed E-state index contributed by atoms with van der Waals surface area (Å²) >= 11 is 0. The fraction of sp³-hybridized carbons (Fsp3) is 0.548. The quantitative estimate of drug-likeness (QED) is 0.260. The van der Waals surface area contributed by atoms with Crippen molar-refractivity contribution in [2.24, 2.45) is 17.8 Å². The lowest BCUT2D eigenvalue weighted by molar-refractivity contribution is -0.291. The zero-order valence-electron chi connectivity index (χ0n) is 24.7. The molecule has 4 rings (SSSR count). The molecule has 9 nitrogen and oxygen atoms in total. The fourth-order valence-electron chi connectivity index (χ4n) is 5.17. The van der Waals surface area contributed by atoms with Gasteiger partial charge < -0.3 is 33.3 Å². The maximum atomic E-state index is 13.2. The third kappa shape index (κ3) is 7.95. The molecule has 1 N–H and O–H groups in total. The Kier molecular flexibility index (Phi) is 11.9. The molecule has 0 saturated carbocycles. The van der Waals surface area contributed by atoms with E-state index in [1.807, 2.05) is 32.6 Å². The Morgan fingerprint density at radius 2 is 1.52 bits per heavy atom. The van der Waals surface area contributed by atoms with Crippen molar-refractivity contribution in [1.29, 1.82) is 0 Å². The van der Waals surface area contributed by atoms with E-state index in [4.69, 9.17) is 28.2 Å². The summed E-state index contributed by atoms with van der Waals surface area (Å²) in [4.78, 5) is 25.8. The maximum absolute atomic E-state index is 13.2. The monoisotopic (exact) mass is 620 g/mol. The van der Waals surface area contributed by atoms with Crippen molar-refractivity contribution in [2.45, 2.75) is 77.2 Å². The Balaban J connectivity index is 1.55. The number of aliphatic hydroxyl groups excluding tert-OH is 1. The normalized spacial score (nSPS) is 32.6. The standard InChI is InChI=1S/C31H42O9P2/c1-6-18(2)25-26(27(31(38-25)40-42(5)41)37-29(34)22-15-11-8-12-16-22)39-30-20(4)19(3)24(32)23(36-30)17-35-28(33)21-13-9-7-10-14-21/h7-16,18-20,23-27,30-32H,6,17,41H2,1-5H3/t18-,19-,20?,23?,24-,25+,26?,27+,30-,31+,42?/m1/s1. The van der Waals surface area contributed by atoms with E-state index in [2.05, 4.69) is 22.8 Å². The highest BCUT2D eigenvalue weighted by Crippen LogP contribution is 2.47. The minimum absolute atomic E-state index is 0.0543. The number of rotatable bonds is 11. The molecule has 2 aliphatic heterocycles. The summed E-state index contributed by atoms with van der Waals surface area (Å²) in [5.74, 6) is -1.42. The Bertz CT molecular complexity index is 1150. The number of aliphatic hydroxyl groups is 1. The van der Waals surface area contributed by atoms with Crippen molar-refractivity contribution >= 4 is 28.7 Å². The van der Waals surface area contributed by atoms with E-state index >= 15 is 0 Å². The van der Waals surface area contributed by atoms with E-state index in [0.717, 1.165) is 6.42 Å². The lowest BCUT2D eigenvalue weighted by atomic mass is 9.84. The predicted octanol–water partition coefficient (Wildman–Crippen LogP) is 5.42. The number of ether oxygens (including phenoxy) is 5. The first-order chi connectivity index (χ1) is 20.1. The van der Waals surface area contributed by atoms with Crippen LogP contribution in [0.2, 0.25) is 0 Å². The van der Waals surface area contributed by atoms with Crippen LogP contribution < -0.4 is 0 Å². The van der Waals surface area contributed by atoms with E-state index in [-0.39, 0.29) is 24.4 Å². The van der Waals surface area contributed by atoms with Crippen molar-refractivity contribution in [1.82, 2.24) is 0 Å². The van der Waals surface area contributed by atoms with Gasteiger partial charge in [0, 0.05) is 13.8 Å². The second-order valence-electron chi connectivity index (χ2n) is 11.1. The number of carbonyl (C=O) groups is 2. The molecule has 0 aliphatic carbocycles. The van der Waals surface area contributed by atoms with Crippen molar-refractivity contribution in [3.05, 3.63) is 71.8 Å². The van der Waals surface area contributed by atoms with Gasteiger partial charge >= 0.3 is 11.9 Å². The molecule has 2 aromatic rings. The smallest absolute Gasteiger partial charge is 0.338 e. The van der Waals surface area contributed by atoms with E-state index in [0.29, 0.717) is 11.1 Å². The van der Waals surface area contributed by atoms with Gasteiger partial charge in [0.2, 0.25) is 6.29 Å². The van der Waals surface area contributed by atoms with Gasteiger partial charge in [-0.2, -0.15) is 0 Å². The van der Waals surface area contributed by atoms with Crippen LogP contribution in [0, 0.1) is 17.8 Å². The Hall–Kier alpha value is -1.96. The molecule has 0 aromatic heterocycles. The number of hydrogen-bond donors (Lipinski definition) is 1. The van der Waals surface area contributed by atoms with Gasteiger partial charge in [-0.25, -0.2) is 9.59 Å². The van der Waals surface area contributed by atoms with Gasteiger partial charge in [0.05, 0.1) is 23.3 Å². The molecule has 0 bridgehead atoms. The van der Waals surface area contributed by atoms with Gasteiger partial charge in [0.25, 0.3) is 0 Å². The van der Waals surface area contributed by atoms with Crippen LogP contribution in [0.1, 0.15) is 54.8 Å². The minimum atomic E-state index is -0.926. The highest BCUT2D eigenvalue weighted by Gasteiger charge is 2.53. The zero-order valence-corrected chi connectivity index (χ0v) is 26.7. The van der Waals surface area contributed by atoms with E-state index < -0.39 is 62.9 Å². The molecule has 0 radical (unpaired) electrons. The SMILES string of the molecule is CC[C@@H](C)[C@@H]1O[C@@H](OP(C)P)[C@@H](OC(=O)c2ccccc2)C1O[C@H]1OC(COC(=O)c2ccccc2)[C@H](O)[C@H](C)C1C. The average molecular weight is 621 g/mol. The molecule has 0 spiro atoms. The molecular weight excluding hydrogens is 578 g/mol. The van der Waals surface area contributed by atoms with Gasteiger partial charge in [-0.05, 0) is 42.8 Å². The summed E-state index contributed by atoms with van der Waals surface area (Å²) in [6.45, 7) is 9.73. The molecule has 2 fully saturated rings. The molecule has 0 amide bonds. The Morgan fingerprint density at radius 3 is 2.10 bits per heavy atom. The second kappa shape index (κ2) is 15.2. The van der Waals surface area contributed by atoms with Crippen molar-refractivity contribution in [2.75, 3.05) is 13.3 Å². The van der Waals surface area contributed by atoms with Crippen LogP contribution in [0.4, 0.5) is 0 Å². The summed E-state index contributed by atoms with van der Waals surface area (Å²) < 4.78 is 36.9. The number of benzene rings is 2. The van der Waals surface area contributed by atoms with E-state index in [1.54, 1.807) is 48.5 Å². The van der Waals surface area contributed by atoms with E-state index in [1.165, 1.54) is 0 Å². The predicted molar refractivity (Wildman–Crippen MR) is 162 cm³/mol. The molecule has 2 heterocycles. The highest BCUT2D eigenvalue weighted by atomic mass is 32.0. The van der Waals surface area contributed by atoms with Gasteiger partial charge in [0.15, 0.2) is 12.4 Å². The fourth-order valence-corrected chi connectivity index (χ4v) is 6.03. The molecule has 230 valence electrons. The molecule has 2 aromatic carbocycles. The summed E-state index contributed by atoms with van der Waals surface area (Å²) in [5, 5.41) is 11.0. The zero-order chi connectivity index (χ0) is 30.4. The second-order valence-corrected chi connectivity index (χ2v) is 14.5. The minimum Gasteiger partial charge on any atom is -0.459 e. The molecule has 5 unspecified atom stereocenters. The summed E-state index contributed by atoms with van der Waals surface area (Å²) in [6, 6.07) is 17.4. The maximum Gasteiger partial charge on any atom is 0.338 e. The first-order valence-electron chi connectivity index (χ1n) is 14.4. The first kappa shape index (κ1) is 32.9.